The molecule has 10 nitrogen and oxygen atoms in total. The number of hydrogen-bond acceptors (Lipinski definition) is 8. The van der Waals surface area contributed by atoms with Gasteiger partial charge < -0.3 is 10.1 Å². The SMILES string of the molecule is CC(C)C1COC(=O)N1c1ncnc(N[C@@H](C)c2ncn(-c3ccc(C(F)(F)F)cc3)n2)n1. The van der Waals surface area contributed by atoms with Gasteiger partial charge in [0.15, 0.2) is 5.82 Å². The number of benzene rings is 1. The molecule has 2 atom stereocenters. The third kappa shape index (κ3) is 4.71. The molecule has 1 fully saturated rings. The van der Waals surface area contributed by atoms with E-state index >= 15 is 0 Å². The molecular weight excluding hydrogens is 441 g/mol. The summed E-state index contributed by atoms with van der Waals surface area (Å²) in [4.78, 5) is 30.3. The van der Waals surface area contributed by atoms with E-state index in [4.69, 9.17) is 4.74 Å². The van der Waals surface area contributed by atoms with E-state index in [0.717, 1.165) is 12.1 Å². The van der Waals surface area contributed by atoms with Gasteiger partial charge in [0.25, 0.3) is 0 Å². The molecular formula is C20H21F3N8O2. The molecule has 0 spiro atoms. The lowest BCUT2D eigenvalue weighted by Gasteiger charge is -2.22. The van der Waals surface area contributed by atoms with E-state index in [1.807, 2.05) is 13.8 Å². The Morgan fingerprint density at radius 2 is 1.85 bits per heavy atom. The fraction of sp³-hybridized carbons (Fsp3) is 0.400. The van der Waals surface area contributed by atoms with Crippen LogP contribution in [0.3, 0.4) is 0 Å². The monoisotopic (exact) mass is 462 g/mol. The maximum Gasteiger partial charge on any atom is 0.417 e. The van der Waals surface area contributed by atoms with E-state index in [1.165, 1.54) is 34.4 Å². The van der Waals surface area contributed by atoms with Gasteiger partial charge in [0, 0.05) is 0 Å². The fourth-order valence-electron chi connectivity index (χ4n) is 3.29. The lowest BCUT2D eigenvalue weighted by molar-refractivity contribution is -0.137. The van der Waals surface area contributed by atoms with Crippen LogP contribution in [-0.4, -0.2) is 48.5 Å². The number of carbonyl (C=O) groups excluding carboxylic acids is 1. The van der Waals surface area contributed by atoms with E-state index in [1.54, 1.807) is 6.92 Å². The molecule has 3 heterocycles. The zero-order valence-electron chi connectivity index (χ0n) is 18.0. The highest BCUT2D eigenvalue weighted by molar-refractivity contribution is 5.88. The van der Waals surface area contributed by atoms with Gasteiger partial charge >= 0.3 is 12.3 Å². The van der Waals surface area contributed by atoms with Crippen LogP contribution in [-0.2, 0) is 10.9 Å². The number of ether oxygens (including phenoxy) is 1. The summed E-state index contributed by atoms with van der Waals surface area (Å²) in [5.41, 5.74) is -0.308. The summed E-state index contributed by atoms with van der Waals surface area (Å²) in [6.45, 7) is 5.98. The van der Waals surface area contributed by atoms with Crippen LogP contribution in [0.15, 0.2) is 36.9 Å². The summed E-state index contributed by atoms with van der Waals surface area (Å²) in [6, 6.07) is 3.97. The number of halogens is 3. The average molecular weight is 462 g/mol. The molecule has 33 heavy (non-hydrogen) atoms. The molecule has 174 valence electrons. The van der Waals surface area contributed by atoms with Crippen LogP contribution >= 0.6 is 0 Å². The second kappa shape index (κ2) is 8.64. The van der Waals surface area contributed by atoms with Crippen LogP contribution in [0, 0.1) is 5.92 Å². The number of hydrogen-bond donors (Lipinski definition) is 1. The van der Waals surface area contributed by atoms with E-state index < -0.39 is 23.9 Å². The van der Waals surface area contributed by atoms with E-state index in [-0.39, 0.29) is 30.5 Å². The normalized spacial score (nSPS) is 17.4. The Morgan fingerprint density at radius 3 is 2.52 bits per heavy atom. The van der Waals surface area contributed by atoms with E-state index in [9.17, 15) is 18.0 Å². The zero-order valence-corrected chi connectivity index (χ0v) is 18.0. The molecule has 0 saturated carbocycles. The largest absolute Gasteiger partial charge is 0.447 e. The Hall–Kier alpha value is -3.77. The Morgan fingerprint density at radius 1 is 1.12 bits per heavy atom. The Balaban J connectivity index is 1.48. The van der Waals surface area contributed by atoms with Crippen LogP contribution < -0.4 is 10.2 Å². The molecule has 1 aliphatic rings. The maximum atomic E-state index is 12.8. The molecule has 1 saturated heterocycles. The average Bonchev–Trinajstić information content (AvgIpc) is 3.41. The molecule has 1 N–H and O–H groups in total. The molecule has 2 aromatic heterocycles. The Labute approximate surface area is 186 Å². The first-order chi connectivity index (χ1) is 15.6. The van der Waals surface area contributed by atoms with Gasteiger partial charge in [-0.1, -0.05) is 13.8 Å². The van der Waals surface area contributed by atoms with Crippen LogP contribution in [0.25, 0.3) is 5.69 Å². The number of rotatable bonds is 6. The highest BCUT2D eigenvalue weighted by Crippen LogP contribution is 2.29. The molecule has 1 aliphatic heterocycles. The van der Waals surface area contributed by atoms with Crippen LogP contribution in [0.5, 0.6) is 0 Å². The van der Waals surface area contributed by atoms with Gasteiger partial charge in [-0.05, 0) is 37.1 Å². The van der Waals surface area contributed by atoms with E-state index in [0.29, 0.717) is 11.5 Å². The highest BCUT2D eigenvalue weighted by Gasteiger charge is 2.38. The van der Waals surface area contributed by atoms with Crippen LogP contribution in [0.4, 0.5) is 29.9 Å². The summed E-state index contributed by atoms with van der Waals surface area (Å²) in [5.74, 6) is 0.893. The first-order valence-electron chi connectivity index (χ1n) is 10.1. The number of alkyl halides is 3. The summed E-state index contributed by atoms with van der Waals surface area (Å²) < 4.78 is 44.8. The molecule has 1 amide bonds. The highest BCUT2D eigenvalue weighted by atomic mass is 19.4. The summed E-state index contributed by atoms with van der Waals surface area (Å²) in [5, 5.41) is 7.37. The lowest BCUT2D eigenvalue weighted by Crippen LogP contribution is -2.38. The van der Waals surface area contributed by atoms with Crippen molar-refractivity contribution >= 4 is 18.0 Å². The Bertz CT molecular complexity index is 1130. The number of carbonyl (C=O) groups is 1. The lowest BCUT2D eigenvalue weighted by atomic mass is 10.1. The van der Waals surface area contributed by atoms with Crippen LogP contribution in [0.1, 0.15) is 38.2 Å². The minimum Gasteiger partial charge on any atom is -0.447 e. The molecule has 1 aromatic carbocycles. The van der Waals surface area contributed by atoms with Crippen molar-refractivity contribution in [2.75, 3.05) is 16.8 Å². The van der Waals surface area contributed by atoms with Gasteiger partial charge in [0.1, 0.15) is 19.3 Å². The number of amides is 1. The number of nitrogens with one attached hydrogen (secondary N) is 1. The van der Waals surface area contributed by atoms with Gasteiger partial charge in [-0.25, -0.2) is 29.3 Å². The third-order valence-electron chi connectivity index (χ3n) is 5.15. The first kappa shape index (κ1) is 22.4. The minimum absolute atomic E-state index is 0.141. The second-order valence-electron chi connectivity index (χ2n) is 7.83. The predicted octanol–water partition coefficient (Wildman–Crippen LogP) is 3.63. The van der Waals surface area contributed by atoms with Crippen LogP contribution in [0.2, 0.25) is 0 Å². The molecule has 3 aromatic rings. The van der Waals surface area contributed by atoms with Crippen molar-refractivity contribution in [2.45, 2.75) is 39.0 Å². The van der Waals surface area contributed by atoms with Gasteiger partial charge in [-0.2, -0.15) is 18.2 Å². The summed E-state index contributed by atoms with van der Waals surface area (Å²) in [6.07, 6.45) is -2.23. The van der Waals surface area contributed by atoms with E-state index in [2.05, 4.69) is 30.4 Å². The van der Waals surface area contributed by atoms with Gasteiger partial charge in [0.2, 0.25) is 11.9 Å². The number of anilines is 2. The zero-order chi connectivity index (χ0) is 23.8. The van der Waals surface area contributed by atoms with Crippen molar-refractivity contribution in [3.63, 3.8) is 0 Å². The third-order valence-corrected chi connectivity index (χ3v) is 5.15. The minimum atomic E-state index is -4.41. The smallest absolute Gasteiger partial charge is 0.417 e. The van der Waals surface area contributed by atoms with Gasteiger partial charge in [-0.3, -0.25) is 0 Å². The molecule has 0 aliphatic carbocycles. The molecule has 13 heteroatoms. The summed E-state index contributed by atoms with van der Waals surface area (Å²) in [7, 11) is 0. The number of aromatic nitrogens is 6. The maximum absolute atomic E-state index is 12.8. The van der Waals surface area contributed by atoms with Crippen molar-refractivity contribution in [1.82, 2.24) is 29.7 Å². The second-order valence-corrected chi connectivity index (χ2v) is 7.83. The van der Waals surface area contributed by atoms with Crippen molar-refractivity contribution in [1.29, 1.82) is 0 Å². The summed E-state index contributed by atoms with van der Waals surface area (Å²) >= 11 is 0. The van der Waals surface area contributed by atoms with Crippen molar-refractivity contribution in [3.8, 4) is 5.69 Å². The molecule has 0 radical (unpaired) electrons. The quantitative estimate of drug-likeness (QED) is 0.591. The number of cyclic esters (lactones) is 1. The fourth-order valence-corrected chi connectivity index (χ4v) is 3.29. The molecule has 1 unspecified atom stereocenters. The standard InChI is InChI=1S/C20H21F3N8O2/c1-11(2)15-8-33-19(32)31(15)18-25-9-24-17(28-18)27-12(3)16-26-10-30(29-16)14-6-4-13(5-7-14)20(21,22)23/h4-7,9-12,15H,8H2,1-3H3,(H,24,25,27,28)/t12-,15?/m0/s1. The predicted molar refractivity (Wildman–Crippen MR) is 111 cm³/mol. The Kier molecular flexibility index (Phi) is 5.87. The molecule has 4 rings (SSSR count). The van der Waals surface area contributed by atoms with Gasteiger partial charge in [-0.15, -0.1) is 5.10 Å². The molecule has 0 bridgehead atoms. The topological polar surface area (TPSA) is 111 Å². The number of nitrogens with zero attached hydrogens (tertiary/aromatic N) is 7. The first-order valence-corrected chi connectivity index (χ1v) is 10.1. The van der Waals surface area contributed by atoms with Crippen molar-refractivity contribution < 1.29 is 22.7 Å². The van der Waals surface area contributed by atoms with Gasteiger partial charge in [0.05, 0.1) is 23.3 Å². The van der Waals surface area contributed by atoms with Crippen molar-refractivity contribution in [2.24, 2.45) is 5.92 Å². The van der Waals surface area contributed by atoms with Crippen molar-refractivity contribution in [3.05, 3.63) is 48.3 Å².